The maximum Gasteiger partial charge on any atom is 0.331 e. The van der Waals surface area contributed by atoms with Gasteiger partial charge in [-0.3, -0.25) is 9.80 Å². The summed E-state index contributed by atoms with van der Waals surface area (Å²) < 4.78 is 14.0. The highest BCUT2D eigenvalue weighted by atomic mass is 19.1. The first-order chi connectivity index (χ1) is 17.7. The highest BCUT2D eigenvalue weighted by Crippen LogP contribution is 2.50. The summed E-state index contributed by atoms with van der Waals surface area (Å²) in [6, 6.07) is 24.2. The third-order valence-electron chi connectivity index (χ3n) is 7.55. The van der Waals surface area contributed by atoms with E-state index in [1.54, 1.807) is 24.1 Å². The van der Waals surface area contributed by atoms with E-state index < -0.39 is 28.8 Å². The molecule has 37 heavy (non-hydrogen) atoms. The number of hydrogen-bond donors (Lipinski definition) is 3. The number of nitrogens with zero attached hydrogens (tertiary/aromatic N) is 1. The van der Waals surface area contributed by atoms with Crippen LogP contribution in [0.2, 0.25) is 0 Å². The number of carboxylic acid groups (broad SMARTS) is 1. The van der Waals surface area contributed by atoms with Crippen LogP contribution < -0.4 is 15.8 Å². The molecule has 6 nitrogen and oxygen atoms in total. The van der Waals surface area contributed by atoms with Crippen molar-refractivity contribution in [3.05, 3.63) is 102 Å². The van der Waals surface area contributed by atoms with Crippen molar-refractivity contribution in [2.45, 2.75) is 57.2 Å². The van der Waals surface area contributed by atoms with E-state index in [1.807, 2.05) is 74.5 Å². The Balaban J connectivity index is 1.91. The predicted octanol–water partition coefficient (Wildman–Crippen LogP) is 5.57. The molecule has 0 aliphatic carbocycles. The minimum Gasteiger partial charge on any atom is -0.479 e. The van der Waals surface area contributed by atoms with Gasteiger partial charge >= 0.3 is 5.97 Å². The van der Waals surface area contributed by atoms with Gasteiger partial charge in [0, 0.05) is 5.92 Å². The molecule has 3 aromatic rings. The molecule has 3 N–H and O–H groups in total. The Morgan fingerprint density at radius 3 is 2.19 bits per heavy atom. The number of rotatable bonds is 9. The number of carbonyl (C=O) groups excluding carboxylic acids is 1. The highest BCUT2D eigenvalue weighted by Gasteiger charge is 2.66. The van der Waals surface area contributed by atoms with Crippen LogP contribution in [0.1, 0.15) is 57.2 Å². The molecule has 1 aliphatic rings. The van der Waals surface area contributed by atoms with Crippen molar-refractivity contribution in [1.82, 2.24) is 10.7 Å². The number of para-hydroxylation sites is 1. The van der Waals surface area contributed by atoms with Crippen molar-refractivity contribution < 1.29 is 19.1 Å². The van der Waals surface area contributed by atoms with Gasteiger partial charge in [0.15, 0.2) is 5.54 Å². The molecule has 0 saturated carbocycles. The first-order valence-corrected chi connectivity index (χ1v) is 12.7. The van der Waals surface area contributed by atoms with Crippen LogP contribution in [-0.2, 0) is 15.1 Å². The highest BCUT2D eigenvalue weighted by molar-refractivity contribution is 5.94. The van der Waals surface area contributed by atoms with Crippen molar-refractivity contribution in [3.8, 4) is 0 Å². The van der Waals surface area contributed by atoms with Crippen LogP contribution in [0, 0.1) is 11.7 Å². The Bertz CT molecular complexity index is 1220. The first-order valence-electron chi connectivity index (χ1n) is 12.7. The fourth-order valence-corrected chi connectivity index (χ4v) is 5.46. The predicted molar refractivity (Wildman–Crippen MR) is 142 cm³/mol. The fourth-order valence-electron chi connectivity index (χ4n) is 5.46. The van der Waals surface area contributed by atoms with Crippen molar-refractivity contribution in [1.29, 1.82) is 0 Å². The molecule has 0 radical (unpaired) electrons. The summed E-state index contributed by atoms with van der Waals surface area (Å²) >= 11 is 0. The largest absolute Gasteiger partial charge is 0.479 e. The second-order valence-electron chi connectivity index (χ2n) is 9.85. The Morgan fingerprint density at radius 1 is 1.03 bits per heavy atom. The number of amides is 1. The molecular formula is C30H34FN3O3. The van der Waals surface area contributed by atoms with Gasteiger partial charge in [-0.15, -0.1) is 0 Å². The summed E-state index contributed by atoms with van der Waals surface area (Å²) in [6.45, 7) is 5.59. The number of hydrazine groups is 1. The SMILES string of the molecule is CCCCC1C(C(=O)N[C@H](C)c2ccccc2)(c2ccc(F)cc2)NN(c2ccccc2)C1(C)C(=O)O. The molecule has 4 atom stereocenters. The number of hydrogen-bond acceptors (Lipinski definition) is 4. The average Bonchev–Trinajstić information content (AvgIpc) is 3.19. The van der Waals surface area contributed by atoms with Crippen LogP contribution in [0.3, 0.4) is 0 Å². The quantitative estimate of drug-likeness (QED) is 0.356. The Kier molecular flexibility index (Phi) is 7.64. The molecule has 1 aliphatic heterocycles. The second kappa shape index (κ2) is 10.7. The number of unbranched alkanes of at least 4 members (excludes halogenated alkanes) is 1. The lowest BCUT2D eigenvalue weighted by atomic mass is 9.67. The van der Waals surface area contributed by atoms with Gasteiger partial charge in [0.05, 0.1) is 11.7 Å². The van der Waals surface area contributed by atoms with E-state index in [2.05, 4.69) is 10.7 Å². The van der Waals surface area contributed by atoms with Crippen LogP contribution in [0.4, 0.5) is 10.1 Å². The van der Waals surface area contributed by atoms with E-state index in [9.17, 15) is 19.1 Å². The van der Waals surface area contributed by atoms with Gasteiger partial charge in [-0.25, -0.2) is 14.6 Å². The molecule has 3 aromatic carbocycles. The van der Waals surface area contributed by atoms with Gasteiger partial charge < -0.3 is 10.4 Å². The molecule has 0 spiro atoms. The molecule has 1 heterocycles. The zero-order valence-corrected chi connectivity index (χ0v) is 21.4. The molecule has 3 unspecified atom stereocenters. The van der Waals surface area contributed by atoms with Gasteiger partial charge in [-0.1, -0.05) is 80.4 Å². The summed E-state index contributed by atoms with van der Waals surface area (Å²) in [5.41, 5.74) is 2.49. The average molecular weight is 504 g/mol. The number of nitrogens with one attached hydrogen (secondary N) is 2. The molecule has 4 rings (SSSR count). The summed E-state index contributed by atoms with van der Waals surface area (Å²) in [5, 5.41) is 15.4. The summed E-state index contributed by atoms with van der Waals surface area (Å²) in [4.78, 5) is 27.5. The van der Waals surface area contributed by atoms with Crippen molar-refractivity contribution >= 4 is 17.6 Å². The summed E-state index contributed by atoms with van der Waals surface area (Å²) in [6.07, 6.45) is 2.03. The Labute approximate surface area is 217 Å². The van der Waals surface area contributed by atoms with E-state index in [-0.39, 0.29) is 11.9 Å². The lowest BCUT2D eigenvalue weighted by Gasteiger charge is -2.38. The van der Waals surface area contributed by atoms with Crippen LogP contribution >= 0.6 is 0 Å². The molecule has 7 heteroatoms. The maximum atomic E-state index is 14.4. The Hall–Kier alpha value is -3.71. The molecule has 0 bridgehead atoms. The third-order valence-corrected chi connectivity index (χ3v) is 7.55. The van der Waals surface area contributed by atoms with Crippen LogP contribution in [-0.4, -0.2) is 22.5 Å². The summed E-state index contributed by atoms with van der Waals surface area (Å²) in [5.74, 6) is -2.51. The monoisotopic (exact) mass is 503 g/mol. The second-order valence-corrected chi connectivity index (χ2v) is 9.85. The van der Waals surface area contributed by atoms with Gasteiger partial charge in [0.2, 0.25) is 5.91 Å². The number of aliphatic carboxylic acids is 1. The molecule has 0 aromatic heterocycles. The minimum atomic E-state index is -1.47. The maximum absolute atomic E-state index is 14.4. The molecule has 194 valence electrons. The molecule has 1 saturated heterocycles. The zero-order valence-electron chi connectivity index (χ0n) is 21.4. The lowest BCUT2D eigenvalue weighted by Crippen LogP contribution is -2.57. The number of halogens is 1. The van der Waals surface area contributed by atoms with Gasteiger partial charge in [-0.05, 0) is 55.7 Å². The number of anilines is 1. The van der Waals surface area contributed by atoms with Crippen molar-refractivity contribution in [2.75, 3.05) is 5.01 Å². The van der Waals surface area contributed by atoms with Crippen molar-refractivity contribution in [2.24, 2.45) is 5.92 Å². The Morgan fingerprint density at radius 2 is 1.62 bits per heavy atom. The topological polar surface area (TPSA) is 81.7 Å². The molecule has 1 amide bonds. The lowest BCUT2D eigenvalue weighted by molar-refractivity contribution is -0.145. The third kappa shape index (κ3) is 4.71. The fraction of sp³-hybridized carbons (Fsp3) is 0.333. The van der Waals surface area contributed by atoms with E-state index in [0.717, 1.165) is 18.4 Å². The smallest absolute Gasteiger partial charge is 0.331 e. The van der Waals surface area contributed by atoms with Gasteiger partial charge in [0.25, 0.3) is 0 Å². The van der Waals surface area contributed by atoms with E-state index in [4.69, 9.17) is 0 Å². The normalized spacial score (nSPS) is 24.0. The minimum absolute atomic E-state index is 0.332. The van der Waals surface area contributed by atoms with Crippen LogP contribution in [0.15, 0.2) is 84.9 Å². The number of carboxylic acids is 1. The van der Waals surface area contributed by atoms with E-state index in [1.165, 1.54) is 12.1 Å². The molecule has 1 fully saturated rings. The number of carbonyl (C=O) groups is 2. The van der Waals surface area contributed by atoms with Crippen LogP contribution in [0.5, 0.6) is 0 Å². The zero-order chi connectivity index (χ0) is 26.6. The van der Waals surface area contributed by atoms with Gasteiger partial charge in [0.1, 0.15) is 11.4 Å². The number of benzene rings is 3. The van der Waals surface area contributed by atoms with E-state index >= 15 is 0 Å². The standard InChI is InChI=1S/C30H34FN3O3/c1-4-5-16-26-29(3,28(36)37)34(25-14-10-7-11-15-25)33-30(26,23-17-19-24(31)20-18-23)27(35)32-21(2)22-12-8-6-9-13-22/h6-15,17-21,26,33H,4-5,16H2,1-3H3,(H,32,35)(H,36,37)/t21-,26?,29?,30?/m1/s1. The van der Waals surface area contributed by atoms with Crippen molar-refractivity contribution in [3.63, 3.8) is 0 Å². The summed E-state index contributed by atoms with van der Waals surface area (Å²) in [7, 11) is 0. The van der Waals surface area contributed by atoms with Crippen LogP contribution in [0.25, 0.3) is 0 Å². The molecular weight excluding hydrogens is 469 g/mol. The van der Waals surface area contributed by atoms with E-state index in [0.29, 0.717) is 17.7 Å². The first kappa shape index (κ1) is 26.4. The van der Waals surface area contributed by atoms with Gasteiger partial charge in [-0.2, -0.15) is 0 Å².